The van der Waals surface area contributed by atoms with Crippen LogP contribution in [0.15, 0.2) is 119 Å². The van der Waals surface area contributed by atoms with Crippen LogP contribution in [0.5, 0.6) is 0 Å². The number of rotatable bonds is 10. The van der Waals surface area contributed by atoms with Crippen LogP contribution >= 0.6 is 0 Å². The van der Waals surface area contributed by atoms with E-state index in [-0.39, 0.29) is 22.0 Å². The maximum absolute atomic E-state index is 6.34. The highest BCUT2D eigenvalue weighted by Gasteiger charge is 2.73. The molecule has 2 aliphatic carbocycles. The van der Waals surface area contributed by atoms with Crippen molar-refractivity contribution in [1.82, 2.24) is 0 Å². The zero-order valence-corrected chi connectivity index (χ0v) is 27.7. The molecule has 3 aliphatic rings. The lowest BCUT2D eigenvalue weighted by atomic mass is 9.64. The van der Waals surface area contributed by atoms with Crippen molar-refractivity contribution in [3.63, 3.8) is 0 Å². The number of hydrogen-bond acceptors (Lipinski definition) is 1. The van der Waals surface area contributed by atoms with Crippen LogP contribution in [0.3, 0.4) is 0 Å². The standard InChI is InChI=1S/C40H56O/c1-31(19-13-21-33(3)24-25-36-35(5)23-15-27-37(36,6)7)17-11-12-18-32(2)20-14-22-34(4)26-30-40-38(8,9)28-16-29-39(40,10)41-40/h11-14,17-22,24-26,30H,15-16,23,27-29H2,1-10H3. The largest absolute Gasteiger partial charge is 0.358 e. The highest BCUT2D eigenvalue weighted by atomic mass is 16.6. The third-order valence-corrected chi connectivity index (χ3v) is 9.49. The second kappa shape index (κ2) is 13.6. The Morgan fingerprint density at radius 2 is 1.17 bits per heavy atom. The minimum atomic E-state index is -0.103. The van der Waals surface area contributed by atoms with E-state index in [9.17, 15) is 0 Å². The Kier molecular flexibility index (Phi) is 10.9. The molecular weight excluding hydrogens is 496 g/mol. The van der Waals surface area contributed by atoms with Gasteiger partial charge in [0.05, 0.1) is 5.60 Å². The lowest BCUT2D eigenvalue weighted by Crippen LogP contribution is -2.41. The van der Waals surface area contributed by atoms with Gasteiger partial charge in [-0.05, 0) is 97.1 Å². The quantitative estimate of drug-likeness (QED) is 0.194. The Morgan fingerprint density at radius 3 is 1.73 bits per heavy atom. The van der Waals surface area contributed by atoms with Crippen LogP contribution in [-0.2, 0) is 4.74 Å². The number of hydrogen-bond donors (Lipinski definition) is 0. The van der Waals surface area contributed by atoms with Crippen LogP contribution in [0.25, 0.3) is 0 Å². The van der Waals surface area contributed by atoms with Gasteiger partial charge in [-0.25, -0.2) is 0 Å². The summed E-state index contributed by atoms with van der Waals surface area (Å²) in [6.45, 7) is 22.6. The molecule has 0 aromatic carbocycles. The maximum atomic E-state index is 6.34. The van der Waals surface area contributed by atoms with Gasteiger partial charge < -0.3 is 4.74 Å². The Balaban J connectivity index is 1.49. The van der Waals surface area contributed by atoms with Gasteiger partial charge in [-0.2, -0.15) is 0 Å². The molecule has 1 nitrogen and oxygen atoms in total. The molecule has 0 aromatic rings. The molecule has 0 spiro atoms. The molecule has 3 rings (SSSR count). The number of fused-ring (bicyclic) bond motifs is 1. The van der Waals surface area contributed by atoms with Crippen LogP contribution in [0.1, 0.15) is 108 Å². The molecule has 0 N–H and O–H groups in total. The van der Waals surface area contributed by atoms with Crippen LogP contribution in [-0.4, -0.2) is 11.2 Å². The molecular formula is C40H56O. The fourth-order valence-corrected chi connectivity index (χ4v) is 6.72. The van der Waals surface area contributed by atoms with Gasteiger partial charge in [0.15, 0.2) is 0 Å². The fourth-order valence-electron chi connectivity index (χ4n) is 6.72. The second-order valence-electron chi connectivity index (χ2n) is 14.1. The van der Waals surface area contributed by atoms with E-state index >= 15 is 0 Å². The fraction of sp³-hybridized carbons (Fsp3) is 0.500. The normalized spacial score (nSPS) is 29.6. The number of epoxide rings is 1. The van der Waals surface area contributed by atoms with E-state index in [0.717, 1.165) is 6.42 Å². The molecule has 0 bridgehead atoms. The first-order valence-corrected chi connectivity index (χ1v) is 15.7. The van der Waals surface area contributed by atoms with E-state index in [2.05, 4.69) is 154 Å². The van der Waals surface area contributed by atoms with Gasteiger partial charge in [-0.15, -0.1) is 0 Å². The van der Waals surface area contributed by atoms with Crippen molar-refractivity contribution in [2.45, 2.75) is 119 Å². The molecule has 2 unspecified atom stereocenters. The smallest absolute Gasteiger partial charge is 0.121 e. The van der Waals surface area contributed by atoms with Crippen molar-refractivity contribution >= 4 is 0 Å². The highest BCUT2D eigenvalue weighted by molar-refractivity contribution is 5.38. The van der Waals surface area contributed by atoms with Crippen LogP contribution in [0.4, 0.5) is 0 Å². The van der Waals surface area contributed by atoms with Crippen LogP contribution in [0.2, 0.25) is 0 Å². The van der Waals surface area contributed by atoms with Crippen LogP contribution < -0.4 is 0 Å². The molecule has 0 aromatic heterocycles. The first-order chi connectivity index (χ1) is 19.2. The molecule has 2 atom stereocenters. The predicted octanol–water partition coefficient (Wildman–Crippen LogP) is 11.8. The average Bonchev–Trinajstić information content (AvgIpc) is 3.52. The summed E-state index contributed by atoms with van der Waals surface area (Å²) in [5.74, 6) is 0. The highest BCUT2D eigenvalue weighted by Crippen LogP contribution is 2.66. The van der Waals surface area contributed by atoms with Crippen LogP contribution in [0, 0.1) is 10.8 Å². The molecule has 0 radical (unpaired) electrons. The summed E-state index contributed by atoms with van der Waals surface area (Å²) < 4.78 is 6.34. The first-order valence-electron chi connectivity index (χ1n) is 15.7. The van der Waals surface area contributed by atoms with E-state index in [1.165, 1.54) is 60.0 Å². The van der Waals surface area contributed by atoms with Gasteiger partial charge in [-0.1, -0.05) is 135 Å². The second-order valence-corrected chi connectivity index (χ2v) is 14.1. The Labute approximate surface area is 252 Å². The van der Waals surface area contributed by atoms with Gasteiger partial charge in [0.2, 0.25) is 0 Å². The summed E-state index contributed by atoms with van der Waals surface area (Å²) in [7, 11) is 0. The van der Waals surface area contributed by atoms with E-state index in [1.807, 2.05) is 0 Å². The lowest BCUT2D eigenvalue weighted by Gasteiger charge is -2.36. The zero-order valence-electron chi connectivity index (χ0n) is 27.7. The van der Waals surface area contributed by atoms with Crippen molar-refractivity contribution in [2.24, 2.45) is 10.8 Å². The summed E-state index contributed by atoms with van der Waals surface area (Å²) in [5.41, 5.74) is 8.42. The minimum Gasteiger partial charge on any atom is -0.358 e. The van der Waals surface area contributed by atoms with Gasteiger partial charge in [-0.3, -0.25) is 0 Å². The summed E-state index contributed by atoms with van der Waals surface area (Å²) in [6.07, 6.45) is 38.1. The molecule has 222 valence electrons. The Bertz CT molecular complexity index is 1260. The number of ether oxygens (including phenoxy) is 1. The Hall–Kier alpha value is -2.64. The minimum absolute atomic E-state index is 0.0197. The third-order valence-electron chi connectivity index (χ3n) is 9.49. The Morgan fingerprint density at radius 1 is 0.634 bits per heavy atom. The third kappa shape index (κ3) is 8.45. The van der Waals surface area contributed by atoms with Gasteiger partial charge in [0.25, 0.3) is 0 Å². The van der Waals surface area contributed by atoms with E-state index in [0.29, 0.717) is 0 Å². The van der Waals surface area contributed by atoms with Crippen molar-refractivity contribution in [1.29, 1.82) is 0 Å². The summed E-state index contributed by atoms with van der Waals surface area (Å²) in [6, 6.07) is 0. The van der Waals surface area contributed by atoms with Crippen molar-refractivity contribution in [3.8, 4) is 0 Å². The van der Waals surface area contributed by atoms with Crippen molar-refractivity contribution < 1.29 is 4.74 Å². The molecule has 1 heterocycles. The molecule has 1 heteroatoms. The summed E-state index contributed by atoms with van der Waals surface area (Å²) >= 11 is 0. The topological polar surface area (TPSA) is 12.5 Å². The zero-order chi connectivity index (χ0) is 30.3. The van der Waals surface area contributed by atoms with Gasteiger partial charge in [0, 0.05) is 5.41 Å². The summed E-state index contributed by atoms with van der Waals surface area (Å²) in [4.78, 5) is 0. The molecule has 1 saturated heterocycles. The molecule has 1 saturated carbocycles. The molecule has 1 aliphatic heterocycles. The van der Waals surface area contributed by atoms with E-state index in [1.54, 1.807) is 5.57 Å². The summed E-state index contributed by atoms with van der Waals surface area (Å²) in [5, 5.41) is 0. The average molecular weight is 553 g/mol. The lowest BCUT2D eigenvalue weighted by molar-refractivity contribution is 0.166. The van der Waals surface area contributed by atoms with Gasteiger partial charge in [0.1, 0.15) is 5.60 Å². The maximum Gasteiger partial charge on any atom is 0.121 e. The van der Waals surface area contributed by atoms with E-state index < -0.39 is 0 Å². The monoisotopic (exact) mass is 552 g/mol. The molecule has 41 heavy (non-hydrogen) atoms. The molecule has 0 amide bonds. The van der Waals surface area contributed by atoms with E-state index in [4.69, 9.17) is 4.74 Å². The number of allylic oxidation sites excluding steroid dienone is 19. The van der Waals surface area contributed by atoms with Gasteiger partial charge >= 0.3 is 0 Å². The first kappa shape index (κ1) is 32.9. The molecule has 2 fully saturated rings. The predicted molar refractivity (Wildman–Crippen MR) is 181 cm³/mol. The van der Waals surface area contributed by atoms with Crippen molar-refractivity contribution in [3.05, 3.63) is 119 Å². The van der Waals surface area contributed by atoms with Crippen molar-refractivity contribution in [2.75, 3.05) is 0 Å². The SMILES string of the molecule is CC(C=CC=C(C)C=CC1=C(C)CCCC1(C)C)=CC=CC=C(C)C=CC=C(C)C=CC12OC1(C)CCCC2(C)C.